The number of aromatic nitrogens is 1. The van der Waals surface area contributed by atoms with E-state index < -0.39 is 10.8 Å². The molecule has 1 saturated heterocycles. The van der Waals surface area contributed by atoms with E-state index >= 15 is 0 Å². The van der Waals surface area contributed by atoms with Crippen LogP contribution in [0.25, 0.3) is 0 Å². The van der Waals surface area contributed by atoms with Crippen LogP contribution in [0.5, 0.6) is 0 Å². The molecule has 3 nitrogen and oxygen atoms in total. The number of hydrogen-bond donors (Lipinski definition) is 1. The Hall–Kier alpha value is -0.610. The predicted molar refractivity (Wildman–Crippen MR) is 73.2 cm³/mol. The summed E-state index contributed by atoms with van der Waals surface area (Å²) in [6, 6.07) is 2.65. The van der Waals surface area contributed by atoms with Gasteiger partial charge in [0, 0.05) is 45.3 Å². The SMILES string of the molecule is Cc1cc2c(n1C1CCS(=O)CC1)CCCC2O. The van der Waals surface area contributed by atoms with Gasteiger partial charge >= 0.3 is 0 Å². The maximum atomic E-state index is 11.5. The van der Waals surface area contributed by atoms with Crippen LogP contribution in [0.2, 0.25) is 0 Å². The number of nitrogens with zero attached hydrogens (tertiary/aromatic N) is 1. The Morgan fingerprint density at radius 1 is 1.33 bits per heavy atom. The maximum absolute atomic E-state index is 11.5. The van der Waals surface area contributed by atoms with Crippen molar-refractivity contribution in [3.63, 3.8) is 0 Å². The smallest absolute Gasteiger partial charge is 0.0807 e. The first-order valence-corrected chi connectivity index (χ1v) is 8.39. The van der Waals surface area contributed by atoms with Crippen molar-refractivity contribution in [2.45, 2.75) is 51.2 Å². The van der Waals surface area contributed by atoms with E-state index in [1.165, 1.54) is 11.4 Å². The highest BCUT2D eigenvalue weighted by molar-refractivity contribution is 7.85. The van der Waals surface area contributed by atoms with E-state index in [-0.39, 0.29) is 6.10 Å². The third kappa shape index (κ3) is 2.05. The Bertz CT molecular complexity index is 470. The second-order valence-electron chi connectivity index (χ2n) is 5.55. The van der Waals surface area contributed by atoms with Crippen LogP contribution in [0, 0.1) is 6.92 Å². The summed E-state index contributed by atoms with van der Waals surface area (Å²) in [6.45, 7) is 2.14. The minimum absolute atomic E-state index is 0.272. The van der Waals surface area contributed by atoms with Crippen molar-refractivity contribution in [3.05, 3.63) is 23.0 Å². The third-order valence-corrected chi connectivity index (χ3v) is 5.72. The summed E-state index contributed by atoms with van der Waals surface area (Å²) in [7, 11) is -0.601. The molecule has 1 aliphatic heterocycles. The zero-order chi connectivity index (χ0) is 12.7. The van der Waals surface area contributed by atoms with Gasteiger partial charge in [0.1, 0.15) is 0 Å². The van der Waals surface area contributed by atoms with Crippen molar-refractivity contribution >= 4 is 10.8 Å². The Balaban J connectivity index is 1.94. The lowest BCUT2D eigenvalue weighted by Gasteiger charge is -2.29. The molecule has 4 heteroatoms. The van der Waals surface area contributed by atoms with Gasteiger partial charge in [0.25, 0.3) is 0 Å². The average Bonchev–Trinajstić information content (AvgIpc) is 2.69. The number of aryl methyl sites for hydroxylation is 1. The van der Waals surface area contributed by atoms with E-state index in [0.717, 1.165) is 49.2 Å². The molecular formula is C14H21NO2S. The molecule has 0 aromatic carbocycles. The highest BCUT2D eigenvalue weighted by Crippen LogP contribution is 2.36. The van der Waals surface area contributed by atoms with Gasteiger partial charge in [-0.15, -0.1) is 0 Å². The van der Waals surface area contributed by atoms with E-state index in [9.17, 15) is 9.32 Å². The lowest BCUT2D eigenvalue weighted by Crippen LogP contribution is -2.24. The van der Waals surface area contributed by atoms with Gasteiger partial charge in [-0.05, 0) is 45.1 Å². The van der Waals surface area contributed by atoms with E-state index in [2.05, 4.69) is 17.6 Å². The van der Waals surface area contributed by atoms with Crippen LogP contribution < -0.4 is 0 Å². The number of aliphatic hydroxyl groups is 1. The highest BCUT2D eigenvalue weighted by Gasteiger charge is 2.28. The van der Waals surface area contributed by atoms with Gasteiger partial charge in [-0.1, -0.05) is 0 Å². The van der Waals surface area contributed by atoms with Crippen LogP contribution in [-0.2, 0) is 17.2 Å². The molecule has 0 spiro atoms. The van der Waals surface area contributed by atoms with Crippen molar-refractivity contribution in [1.29, 1.82) is 0 Å². The van der Waals surface area contributed by atoms with Gasteiger partial charge in [0.2, 0.25) is 0 Å². The van der Waals surface area contributed by atoms with Gasteiger partial charge < -0.3 is 9.67 Å². The van der Waals surface area contributed by atoms with Crippen LogP contribution in [0.1, 0.15) is 54.8 Å². The molecule has 1 aromatic rings. The largest absolute Gasteiger partial charge is 0.388 e. The van der Waals surface area contributed by atoms with Gasteiger partial charge in [0.05, 0.1) is 6.10 Å². The molecule has 18 heavy (non-hydrogen) atoms. The van der Waals surface area contributed by atoms with Crippen LogP contribution in [0.15, 0.2) is 6.07 Å². The molecule has 0 bridgehead atoms. The lowest BCUT2D eigenvalue weighted by molar-refractivity contribution is 0.155. The summed E-state index contributed by atoms with van der Waals surface area (Å²) in [5.74, 6) is 1.67. The first-order valence-electron chi connectivity index (χ1n) is 6.90. The predicted octanol–water partition coefficient (Wildman–Crippen LogP) is 2.25. The Kier molecular flexibility index (Phi) is 3.32. The van der Waals surface area contributed by atoms with Crippen molar-refractivity contribution in [1.82, 2.24) is 4.57 Å². The maximum Gasteiger partial charge on any atom is 0.0807 e. The van der Waals surface area contributed by atoms with Gasteiger partial charge in [-0.25, -0.2) is 0 Å². The number of fused-ring (bicyclic) bond motifs is 1. The van der Waals surface area contributed by atoms with Gasteiger partial charge in [0.15, 0.2) is 0 Å². The minimum atomic E-state index is -0.601. The van der Waals surface area contributed by atoms with Crippen molar-refractivity contribution < 1.29 is 9.32 Å². The zero-order valence-corrected chi connectivity index (χ0v) is 11.7. The van der Waals surface area contributed by atoms with Crippen molar-refractivity contribution in [3.8, 4) is 0 Å². The first kappa shape index (κ1) is 12.4. The van der Waals surface area contributed by atoms with Crippen LogP contribution in [0.4, 0.5) is 0 Å². The Morgan fingerprint density at radius 2 is 2.06 bits per heavy atom. The van der Waals surface area contributed by atoms with Crippen LogP contribution >= 0.6 is 0 Å². The van der Waals surface area contributed by atoms with Crippen LogP contribution in [-0.4, -0.2) is 25.4 Å². The summed E-state index contributed by atoms with van der Waals surface area (Å²) in [6.07, 6.45) is 4.82. The molecule has 1 unspecified atom stereocenters. The number of hydrogen-bond acceptors (Lipinski definition) is 2. The molecule has 3 rings (SSSR count). The normalized spacial score (nSPS) is 32.2. The second-order valence-corrected chi connectivity index (χ2v) is 7.24. The molecule has 0 radical (unpaired) electrons. The lowest BCUT2D eigenvalue weighted by atomic mass is 9.95. The van der Waals surface area contributed by atoms with Crippen molar-refractivity contribution in [2.24, 2.45) is 0 Å². The Labute approximate surface area is 111 Å². The molecule has 2 heterocycles. The summed E-state index contributed by atoms with van der Waals surface area (Å²) < 4.78 is 13.9. The standard InChI is InChI=1S/C14H21NO2S/c1-10-9-12-13(3-2-4-14(12)16)15(10)11-5-7-18(17)8-6-11/h9,11,14,16H,2-8H2,1H3. The highest BCUT2D eigenvalue weighted by atomic mass is 32.2. The monoisotopic (exact) mass is 267 g/mol. The molecule has 0 saturated carbocycles. The molecule has 1 fully saturated rings. The van der Waals surface area contributed by atoms with E-state index in [0.29, 0.717) is 6.04 Å². The van der Waals surface area contributed by atoms with Crippen LogP contribution in [0.3, 0.4) is 0 Å². The molecular weight excluding hydrogens is 246 g/mol. The fraction of sp³-hybridized carbons (Fsp3) is 0.714. The molecule has 2 aliphatic rings. The topological polar surface area (TPSA) is 42.2 Å². The molecule has 1 atom stereocenters. The van der Waals surface area contributed by atoms with E-state index in [4.69, 9.17) is 0 Å². The Morgan fingerprint density at radius 3 is 2.78 bits per heavy atom. The number of rotatable bonds is 1. The molecule has 1 N–H and O–H groups in total. The first-order chi connectivity index (χ1) is 8.66. The van der Waals surface area contributed by atoms with E-state index in [1.54, 1.807) is 0 Å². The molecule has 100 valence electrons. The third-order valence-electron chi connectivity index (χ3n) is 4.34. The zero-order valence-electron chi connectivity index (χ0n) is 10.9. The molecule has 0 amide bonds. The summed E-state index contributed by atoms with van der Waals surface area (Å²) >= 11 is 0. The summed E-state index contributed by atoms with van der Waals surface area (Å²) in [5, 5.41) is 10.1. The van der Waals surface area contributed by atoms with E-state index in [1.807, 2.05) is 0 Å². The average molecular weight is 267 g/mol. The summed E-state index contributed by atoms with van der Waals surface area (Å²) in [4.78, 5) is 0. The summed E-state index contributed by atoms with van der Waals surface area (Å²) in [5.41, 5.74) is 3.74. The number of aliphatic hydroxyl groups excluding tert-OH is 1. The fourth-order valence-electron chi connectivity index (χ4n) is 3.45. The molecule has 1 aliphatic carbocycles. The second kappa shape index (κ2) is 4.82. The fourth-order valence-corrected chi connectivity index (χ4v) is 4.72. The van der Waals surface area contributed by atoms with Crippen molar-refractivity contribution in [2.75, 3.05) is 11.5 Å². The molecule has 1 aromatic heterocycles. The quantitative estimate of drug-likeness (QED) is 0.848. The van der Waals surface area contributed by atoms with Gasteiger partial charge in [-0.3, -0.25) is 4.21 Å². The van der Waals surface area contributed by atoms with Gasteiger partial charge in [-0.2, -0.15) is 0 Å². The minimum Gasteiger partial charge on any atom is -0.388 e.